The topological polar surface area (TPSA) is 157 Å². The van der Waals surface area contributed by atoms with Crippen LogP contribution in [-0.4, -0.2) is 127 Å². The Morgan fingerprint density at radius 3 is 1.34 bits per heavy atom. The second kappa shape index (κ2) is 35.5. The van der Waals surface area contributed by atoms with Crippen LogP contribution in [0, 0.1) is 60.2 Å². The van der Waals surface area contributed by atoms with E-state index in [2.05, 4.69) is 71.2 Å². The Bertz CT molecular complexity index is 1500. The number of hydrogen-bond donors (Lipinski definition) is 6. The number of aliphatic hydroxyl groups is 5. The third-order valence-corrected chi connectivity index (χ3v) is 11.5. The average Bonchev–Trinajstić information content (AvgIpc) is 3.28. The molecule has 64 heavy (non-hydrogen) atoms. The minimum absolute atomic E-state index is 0.0232. The first-order chi connectivity index (χ1) is 30.4. The summed E-state index contributed by atoms with van der Waals surface area (Å²) in [6, 6.07) is 20.3. The van der Waals surface area contributed by atoms with E-state index in [1.807, 2.05) is 76.2 Å². The van der Waals surface area contributed by atoms with Gasteiger partial charge in [0.25, 0.3) is 0 Å². The van der Waals surface area contributed by atoms with Gasteiger partial charge in [-0.25, -0.2) is 0 Å². The normalized spacial score (nSPS) is 31.6. The highest BCUT2D eigenvalue weighted by molar-refractivity contribution is 7.80. The lowest BCUT2D eigenvalue weighted by molar-refractivity contribution is -0.236. The summed E-state index contributed by atoms with van der Waals surface area (Å²) in [5, 5.41) is 46.4. The Kier molecular flexibility index (Phi) is 34.0. The summed E-state index contributed by atoms with van der Waals surface area (Å²) in [6.07, 6.45) is 3.93. The fourth-order valence-corrected chi connectivity index (χ4v) is 6.78. The van der Waals surface area contributed by atoms with Crippen LogP contribution < -0.4 is 0 Å². The maximum absolute atomic E-state index is 9.87. The predicted octanol–water partition coefficient (Wildman–Crippen LogP) is 6.66. The number of hydrogen-bond acceptors (Lipinski definition) is 12. The number of thiol groups is 1. The lowest BCUT2D eigenvalue weighted by Gasteiger charge is -2.41. The van der Waals surface area contributed by atoms with Crippen LogP contribution >= 0.6 is 12.6 Å². The van der Waals surface area contributed by atoms with E-state index in [1.54, 1.807) is 0 Å². The molecule has 3 fully saturated rings. The van der Waals surface area contributed by atoms with Crippen molar-refractivity contribution >= 4 is 20.2 Å². The Balaban J connectivity index is 0.000000836. The summed E-state index contributed by atoms with van der Waals surface area (Å²) in [7, 11) is -3.67. The molecule has 3 aliphatic rings. The Morgan fingerprint density at radius 2 is 0.969 bits per heavy atom. The second-order valence-electron chi connectivity index (χ2n) is 15.7. The molecule has 16 heteroatoms. The fourth-order valence-electron chi connectivity index (χ4n) is 6.78. The van der Waals surface area contributed by atoms with Gasteiger partial charge in [-0.2, -0.15) is 12.6 Å². The molecule has 0 aliphatic carbocycles. The third-order valence-electron chi connectivity index (χ3n) is 11.5. The SMILES string of the molecule is C#C[C@@H]1OC(CO)[C@H](O)[C@H](O)C1O.C#C[C@@H]1OC(COCc2ccccc2)[C@H](C)[C@H](C)C1C.CC1C(O)OC(COCc2ccccc2)[C@H](C)[C@@H]1C.CCOCC.CCS.FB(F)F. The van der Waals surface area contributed by atoms with E-state index in [4.69, 9.17) is 46.4 Å². The largest absolute Gasteiger partial charge is 0.762 e. The van der Waals surface area contributed by atoms with Gasteiger partial charge in [-0.05, 0) is 60.3 Å². The highest BCUT2D eigenvalue weighted by atomic mass is 32.1. The Morgan fingerprint density at radius 1 is 0.578 bits per heavy atom. The lowest BCUT2D eigenvalue weighted by Crippen LogP contribution is -2.58. The molecule has 2 aromatic carbocycles. The molecule has 0 spiro atoms. The molecule has 5 N–H and O–H groups in total. The maximum Gasteiger partial charge on any atom is 0.762 e. The van der Waals surface area contributed by atoms with Gasteiger partial charge in [0.05, 0.1) is 45.2 Å². The first-order valence-corrected chi connectivity index (χ1v) is 22.6. The molecular weight excluding hydrogens is 852 g/mol. The van der Waals surface area contributed by atoms with Gasteiger partial charge in [-0.1, -0.05) is 121 Å². The molecule has 0 bridgehead atoms. The van der Waals surface area contributed by atoms with Crippen molar-refractivity contribution in [2.75, 3.05) is 38.8 Å². The second-order valence-corrected chi connectivity index (χ2v) is 16.4. The van der Waals surface area contributed by atoms with Crippen molar-refractivity contribution in [1.82, 2.24) is 0 Å². The summed E-state index contributed by atoms with van der Waals surface area (Å²) in [4.78, 5) is 0. The maximum atomic E-state index is 9.87. The van der Waals surface area contributed by atoms with Gasteiger partial charge < -0.3 is 54.0 Å². The zero-order chi connectivity index (χ0) is 48.8. The molecule has 3 saturated heterocycles. The van der Waals surface area contributed by atoms with Crippen molar-refractivity contribution < 1.29 is 66.9 Å². The number of halogens is 3. The Labute approximate surface area is 387 Å². The molecule has 15 atom stereocenters. The van der Waals surface area contributed by atoms with Gasteiger partial charge >= 0.3 is 7.54 Å². The molecule has 3 aliphatic heterocycles. The van der Waals surface area contributed by atoms with Crippen LogP contribution in [0.15, 0.2) is 60.7 Å². The average molecular weight is 929 g/mol. The molecule has 0 amide bonds. The van der Waals surface area contributed by atoms with Crippen molar-refractivity contribution in [3.63, 3.8) is 0 Å². The van der Waals surface area contributed by atoms with E-state index in [-0.39, 0.29) is 24.2 Å². The van der Waals surface area contributed by atoms with Gasteiger partial charge in [-0.15, -0.1) is 12.8 Å². The van der Waals surface area contributed by atoms with Crippen molar-refractivity contribution in [2.45, 2.75) is 131 Å². The van der Waals surface area contributed by atoms with E-state index in [0.29, 0.717) is 56.0 Å². The smallest absolute Gasteiger partial charge is 0.394 e. The number of rotatable bonds is 11. The van der Waals surface area contributed by atoms with Gasteiger partial charge in [0, 0.05) is 19.1 Å². The molecule has 0 radical (unpaired) electrons. The van der Waals surface area contributed by atoms with Crippen LogP contribution in [0.25, 0.3) is 0 Å². The molecule has 7 unspecified atom stereocenters. The van der Waals surface area contributed by atoms with Crippen LogP contribution in [0.5, 0.6) is 0 Å². The van der Waals surface area contributed by atoms with Gasteiger partial charge in [0.15, 0.2) is 6.29 Å². The van der Waals surface area contributed by atoms with Crippen LogP contribution in [0.3, 0.4) is 0 Å². The van der Waals surface area contributed by atoms with Crippen LogP contribution in [0.4, 0.5) is 12.9 Å². The number of benzene rings is 2. The highest BCUT2D eigenvalue weighted by Crippen LogP contribution is 2.35. The fraction of sp³-hybridized carbons (Fsp3) is 0.667. The molecule has 2 aromatic rings. The van der Waals surface area contributed by atoms with E-state index < -0.39 is 51.0 Å². The third kappa shape index (κ3) is 23.2. The van der Waals surface area contributed by atoms with E-state index in [1.165, 1.54) is 5.56 Å². The number of aliphatic hydroxyl groups excluding tert-OH is 5. The molecule has 0 aromatic heterocycles. The van der Waals surface area contributed by atoms with Crippen molar-refractivity contribution in [3.05, 3.63) is 71.8 Å². The standard InChI is InChI=1S/C18H24O2.C16H24O3.C8H12O5.C4H10O.C2H6S.BF3/c1-5-17-14(3)13(2)15(4)18(20-17)12-19-11-16-9-7-6-8-10-16;1-11-12(2)15(19-16(17)13(11)3)10-18-9-14-7-5-4-6-8-14;1-2-4-6(10)8(12)7(11)5(3-9)13-4;1-3-5-4-2;1-2-3;2-1(3)4/h1,6-10,13-15,17-18H,11-12H2,2-4H3;4-8,11-13,15-17H,9-10H2,1-3H3;1,4-12H,3H2;3-4H2,1-2H3;3H,2H2,1H3;/t13-,14?,15-,17+,18?;11-,12+,13?,15?,16?;4-,5?,6?,7-,8+;;;/m100.../s1. The zero-order valence-electron chi connectivity index (χ0n) is 39.1. The first-order valence-electron chi connectivity index (χ1n) is 22.0. The van der Waals surface area contributed by atoms with Crippen LogP contribution in [0.2, 0.25) is 0 Å². The summed E-state index contributed by atoms with van der Waals surface area (Å²) in [5.41, 5.74) is 2.35. The molecule has 3 heterocycles. The number of terminal acetylenes is 2. The predicted molar refractivity (Wildman–Crippen MR) is 249 cm³/mol. The molecule has 0 saturated carbocycles. The zero-order valence-corrected chi connectivity index (χ0v) is 40.0. The van der Waals surface area contributed by atoms with E-state index in [0.717, 1.165) is 24.5 Å². The minimum atomic E-state index is -3.67. The summed E-state index contributed by atoms with van der Waals surface area (Å²) >= 11 is 3.79. The van der Waals surface area contributed by atoms with Crippen molar-refractivity contribution in [2.24, 2.45) is 35.5 Å². The first kappa shape index (κ1) is 61.3. The van der Waals surface area contributed by atoms with Crippen molar-refractivity contribution in [3.8, 4) is 24.7 Å². The summed E-state index contributed by atoms with van der Waals surface area (Å²) < 4.78 is 62.0. The van der Waals surface area contributed by atoms with Crippen LogP contribution in [0.1, 0.15) is 73.4 Å². The van der Waals surface area contributed by atoms with Crippen LogP contribution in [-0.2, 0) is 41.6 Å². The highest BCUT2D eigenvalue weighted by Gasteiger charge is 2.43. The molecule has 11 nitrogen and oxygen atoms in total. The van der Waals surface area contributed by atoms with Crippen molar-refractivity contribution in [1.29, 1.82) is 0 Å². The van der Waals surface area contributed by atoms with Gasteiger partial charge in [0.2, 0.25) is 0 Å². The summed E-state index contributed by atoms with van der Waals surface area (Å²) in [6.45, 7) is 22.6. The van der Waals surface area contributed by atoms with E-state index in [9.17, 15) is 33.4 Å². The molecule has 5 rings (SSSR count). The number of ether oxygens (including phenoxy) is 6. The lowest BCUT2D eigenvalue weighted by atomic mass is 9.77. The molecule has 364 valence electrons. The van der Waals surface area contributed by atoms with Gasteiger partial charge in [-0.3, -0.25) is 12.9 Å². The van der Waals surface area contributed by atoms with E-state index >= 15 is 0 Å². The molecular formula is C48H76BF3O11S. The summed E-state index contributed by atoms with van der Waals surface area (Å²) in [5.74, 6) is 8.26. The minimum Gasteiger partial charge on any atom is -0.394 e. The monoisotopic (exact) mass is 929 g/mol. The quantitative estimate of drug-likeness (QED) is 0.0815. The van der Waals surface area contributed by atoms with Gasteiger partial charge in [0.1, 0.15) is 36.6 Å². The Hall–Kier alpha value is -2.68.